The molecule has 1 aliphatic rings. The first kappa shape index (κ1) is 20.0. The normalized spacial score (nSPS) is 19.4. The summed E-state index contributed by atoms with van der Waals surface area (Å²) in [4.78, 5) is 14.7. The summed E-state index contributed by atoms with van der Waals surface area (Å²) in [5.74, 6) is -0.619. The maximum absolute atomic E-state index is 13.9. The second-order valence-corrected chi connectivity index (χ2v) is 7.29. The van der Waals surface area contributed by atoms with Gasteiger partial charge in [-0.15, -0.1) is 5.10 Å². The molecule has 1 aromatic heterocycles. The Kier molecular flexibility index (Phi) is 5.76. The smallest absolute Gasteiger partial charge is 0.276 e. The molecule has 1 saturated heterocycles. The van der Waals surface area contributed by atoms with Crippen molar-refractivity contribution in [2.45, 2.75) is 32.0 Å². The number of carbonyl (C=O) groups is 1. The average molecular weight is 410 g/mol. The van der Waals surface area contributed by atoms with Crippen LogP contribution in [-0.2, 0) is 0 Å². The van der Waals surface area contributed by atoms with E-state index in [1.54, 1.807) is 28.6 Å². The lowest BCUT2D eigenvalue weighted by Crippen LogP contribution is -2.33. The Morgan fingerprint density at radius 1 is 1.10 bits per heavy atom. The number of aliphatic hydroxyl groups excluding tert-OH is 1. The van der Waals surface area contributed by atoms with Crippen molar-refractivity contribution in [3.8, 4) is 11.4 Å². The van der Waals surface area contributed by atoms with Crippen LogP contribution < -0.4 is 4.74 Å². The van der Waals surface area contributed by atoms with Gasteiger partial charge in [0.2, 0.25) is 0 Å². The van der Waals surface area contributed by atoms with Crippen LogP contribution in [0, 0.1) is 12.7 Å². The van der Waals surface area contributed by atoms with Gasteiger partial charge in [0.15, 0.2) is 17.3 Å². The minimum absolute atomic E-state index is 0.1000. The van der Waals surface area contributed by atoms with Gasteiger partial charge in [-0.3, -0.25) is 4.79 Å². The third-order valence-corrected chi connectivity index (χ3v) is 5.31. The second-order valence-electron chi connectivity index (χ2n) is 7.29. The maximum Gasteiger partial charge on any atom is 0.276 e. The van der Waals surface area contributed by atoms with Crippen molar-refractivity contribution in [3.05, 3.63) is 71.8 Å². The van der Waals surface area contributed by atoms with E-state index in [1.807, 2.05) is 30.3 Å². The largest absolute Gasteiger partial charge is 0.485 e. The van der Waals surface area contributed by atoms with Crippen molar-refractivity contribution in [3.63, 3.8) is 0 Å². The fraction of sp³-hybridized carbons (Fsp3) is 0.318. The number of ether oxygens (including phenoxy) is 1. The summed E-state index contributed by atoms with van der Waals surface area (Å²) in [5.41, 5.74) is 1.75. The van der Waals surface area contributed by atoms with Crippen LogP contribution in [-0.4, -0.2) is 56.2 Å². The van der Waals surface area contributed by atoms with Crippen LogP contribution in [0.2, 0.25) is 0 Å². The molecule has 7 nitrogen and oxygen atoms in total. The molecule has 4 rings (SSSR count). The van der Waals surface area contributed by atoms with Crippen LogP contribution in [0.4, 0.5) is 4.39 Å². The van der Waals surface area contributed by atoms with E-state index in [1.165, 1.54) is 12.1 Å². The van der Waals surface area contributed by atoms with Crippen molar-refractivity contribution in [2.75, 3.05) is 13.1 Å². The fourth-order valence-electron chi connectivity index (χ4n) is 3.60. The summed E-state index contributed by atoms with van der Waals surface area (Å²) in [6, 6.07) is 15.6. The van der Waals surface area contributed by atoms with Crippen LogP contribution in [0.25, 0.3) is 5.69 Å². The van der Waals surface area contributed by atoms with Gasteiger partial charge in [-0.2, -0.15) is 0 Å². The molecule has 2 aromatic carbocycles. The number of halogens is 1. The quantitative estimate of drug-likeness (QED) is 0.715. The molecule has 30 heavy (non-hydrogen) atoms. The van der Waals surface area contributed by atoms with E-state index in [-0.39, 0.29) is 17.4 Å². The number of rotatable bonds is 4. The highest BCUT2D eigenvalue weighted by molar-refractivity contribution is 5.93. The van der Waals surface area contributed by atoms with Crippen LogP contribution in [0.5, 0.6) is 5.75 Å². The molecule has 0 unspecified atom stereocenters. The molecule has 1 fully saturated rings. The fourth-order valence-corrected chi connectivity index (χ4v) is 3.60. The summed E-state index contributed by atoms with van der Waals surface area (Å²) >= 11 is 0. The van der Waals surface area contributed by atoms with Crippen molar-refractivity contribution in [1.82, 2.24) is 19.9 Å². The van der Waals surface area contributed by atoms with Crippen LogP contribution in [0.3, 0.4) is 0 Å². The highest BCUT2D eigenvalue weighted by Crippen LogP contribution is 2.23. The molecule has 1 N–H and O–H groups in total. The molecule has 0 radical (unpaired) electrons. The van der Waals surface area contributed by atoms with E-state index in [0.29, 0.717) is 31.6 Å². The third-order valence-electron chi connectivity index (χ3n) is 5.31. The molecule has 8 heteroatoms. The standard InChI is InChI=1S/C22H23FN4O3/c1-15-21(24-25-27(15)16-7-3-2-4-8-16)22(29)26-13-11-18(28)20(12-14-26)30-19-10-6-5-9-17(19)23/h2-10,18,20,28H,11-14H2,1H3/t18-,20-/m0/s1. The molecule has 2 heterocycles. The number of amides is 1. The molecule has 1 aliphatic heterocycles. The number of likely N-dealkylation sites (tertiary alicyclic amines) is 1. The first-order chi connectivity index (χ1) is 14.5. The molecule has 3 aromatic rings. The minimum atomic E-state index is -0.802. The highest BCUT2D eigenvalue weighted by atomic mass is 19.1. The molecule has 0 saturated carbocycles. The predicted octanol–water partition coefficient (Wildman–Crippen LogP) is 2.76. The highest BCUT2D eigenvalue weighted by Gasteiger charge is 2.31. The molecular formula is C22H23FN4O3. The summed E-state index contributed by atoms with van der Waals surface area (Å²) in [6.45, 7) is 2.53. The van der Waals surface area contributed by atoms with Gasteiger partial charge >= 0.3 is 0 Å². The maximum atomic E-state index is 13.9. The molecule has 1 amide bonds. The van der Waals surface area contributed by atoms with Crippen molar-refractivity contribution >= 4 is 5.91 Å². The zero-order valence-electron chi connectivity index (χ0n) is 16.6. The van der Waals surface area contributed by atoms with E-state index in [2.05, 4.69) is 10.3 Å². The first-order valence-corrected chi connectivity index (χ1v) is 9.91. The topological polar surface area (TPSA) is 80.5 Å². The van der Waals surface area contributed by atoms with E-state index in [4.69, 9.17) is 4.74 Å². The van der Waals surface area contributed by atoms with E-state index < -0.39 is 18.0 Å². The SMILES string of the molecule is Cc1c(C(=O)N2CC[C@H](Oc3ccccc3F)[C@@H](O)CC2)nnn1-c1ccccc1. The van der Waals surface area contributed by atoms with Crippen LogP contribution in [0.15, 0.2) is 54.6 Å². The lowest BCUT2D eigenvalue weighted by atomic mass is 10.1. The lowest BCUT2D eigenvalue weighted by molar-refractivity contribution is 0.0328. The predicted molar refractivity (Wildman–Crippen MR) is 108 cm³/mol. The number of benzene rings is 2. The first-order valence-electron chi connectivity index (χ1n) is 9.91. The van der Waals surface area contributed by atoms with Gasteiger partial charge < -0.3 is 14.7 Å². The monoisotopic (exact) mass is 410 g/mol. The Morgan fingerprint density at radius 2 is 1.80 bits per heavy atom. The van der Waals surface area contributed by atoms with Gasteiger partial charge in [0.1, 0.15) is 6.10 Å². The van der Waals surface area contributed by atoms with E-state index in [9.17, 15) is 14.3 Å². The molecule has 156 valence electrons. The van der Waals surface area contributed by atoms with Gasteiger partial charge in [-0.1, -0.05) is 35.5 Å². The summed E-state index contributed by atoms with van der Waals surface area (Å²) < 4.78 is 21.2. The number of nitrogens with zero attached hydrogens (tertiary/aromatic N) is 4. The van der Waals surface area contributed by atoms with Gasteiger partial charge in [0.25, 0.3) is 5.91 Å². The summed E-state index contributed by atoms with van der Waals surface area (Å²) in [5, 5.41) is 18.7. The van der Waals surface area contributed by atoms with Gasteiger partial charge in [-0.05, 0) is 37.6 Å². The molecule has 0 spiro atoms. The Balaban J connectivity index is 1.47. The molecule has 0 aliphatic carbocycles. The van der Waals surface area contributed by atoms with Crippen molar-refractivity contribution in [2.24, 2.45) is 0 Å². The second kappa shape index (κ2) is 8.62. The molecule has 0 bridgehead atoms. The Morgan fingerprint density at radius 3 is 2.57 bits per heavy atom. The minimum Gasteiger partial charge on any atom is -0.485 e. The Hall–Kier alpha value is -3.26. The summed E-state index contributed by atoms with van der Waals surface area (Å²) in [7, 11) is 0. The zero-order valence-corrected chi connectivity index (χ0v) is 16.6. The van der Waals surface area contributed by atoms with Crippen LogP contribution >= 0.6 is 0 Å². The van der Waals surface area contributed by atoms with Gasteiger partial charge in [0.05, 0.1) is 17.5 Å². The van der Waals surface area contributed by atoms with E-state index >= 15 is 0 Å². The van der Waals surface area contributed by atoms with Gasteiger partial charge in [0, 0.05) is 19.5 Å². The van der Waals surface area contributed by atoms with Crippen LogP contribution in [0.1, 0.15) is 29.0 Å². The number of hydrogen-bond acceptors (Lipinski definition) is 5. The zero-order chi connectivity index (χ0) is 21.1. The van der Waals surface area contributed by atoms with Crippen molar-refractivity contribution < 1.29 is 19.0 Å². The van der Waals surface area contributed by atoms with Crippen molar-refractivity contribution in [1.29, 1.82) is 0 Å². The van der Waals surface area contributed by atoms with Gasteiger partial charge in [-0.25, -0.2) is 9.07 Å². The lowest BCUT2D eigenvalue weighted by Gasteiger charge is -2.22. The third kappa shape index (κ3) is 4.04. The molecular weight excluding hydrogens is 387 g/mol. The Bertz CT molecular complexity index is 1020. The Labute approximate surface area is 173 Å². The average Bonchev–Trinajstić information content (AvgIpc) is 3.05. The number of aromatic nitrogens is 3. The summed E-state index contributed by atoms with van der Waals surface area (Å²) in [6.07, 6.45) is -0.687. The number of hydrogen-bond donors (Lipinski definition) is 1. The number of aliphatic hydroxyl groups is 1. The molecule has 2 atom stereocenters. The number of para-hydroxylation sites is 2. The number of carbonyl (C=O) groups excluding carboxylic acids is 1. The van der Waals surface area contributed by atoms with E-state index in [0.717, 1.165) is 5.69 Å².